The van der Waals surface area contributed by atoms with Crippen molar-refractivity contribution >= 4 is 34.8 Å². The number of carbonyl (C=O) groups is 2. The predicted octanol–water partition coefficient (Wildman–Crippen LogP) is 5.43. The van der Waals surface area contributed by atoms with E-state index in [9.17, 15) is 18.4 Å². The normalized spacial score (nSPS) is 13.8. The standard InChI is InChI=1S/C31H25F2N9O2S/c1-18-35-28(19-2-4-21(32)5-3-19)29(42(18)22-9-13-40(14-10-22)31(44)24-11-15-45-39-24)23-6-7-27-36-26(17-41(27)38-23)37-30(43)20-8-12-34-25(33)16-20/h2-8,11-12,15-17,22H,9-10,13-14H2,1H3,(H,37,43). The smallest absolute Gasteiger partial charge is 0.273 e. The minimum atomic E-state index is -0.760. The van der Waals surface area contributed by atoms with Crippen molar-refractivity contribution in [3.05, 3.63) is 101 Å². The van der Waals surface area contributed by atoms with E-state index in [1.807, 2.05) is 17.9 Å². The molecule has 1 saturated heterocycles. The SMILES string of the molecule is Cc1nc(-c2ccc(F)cc2)c(-c2ccc3nc(NC(=O)c4ccnc(F)c4)cn3n2)n1C1CCN(C(=O)c2ccsn2)CC1. The Morgan fingerprint density at radius 2 is 1.80 bits per heavy atom. The van der Waals surface area contributed by atoms with E-state index >= 15 is 0 Å². The maximum Gasteiger partial charge on any atom is 0.273 e. The molecule has 7 rings (SSSR count). The number of hydrogen-bond donors (Lipinski definition) is 1. The highest BCUT2D eigenvalue weighted by atomic mass is 32.1. The van der Waals surface area contributed by atoms with Crippen molar-refractivity contribution in [1.29, 1.82) is 0 Å². The molecule has 0 bridgehead atoms. The van der Waals surface area contributed by atoms with Crippen LogP contribution in [0.25, 0.3) is 28.3 Å². The number of aryl methyl sites for hydroxylation is 1. The Morgan fingerprint density at radius 1 is 1.00 bits per heavy atom. The van der Waals surface area contributed by atoms with Crippen LogP contribution in [0.4, 0.5) is 14.6 Å². The third-order valence-electron chi connectivity index (χ3n) is 7.77. The maximum absolute atomic E-state index is 13.9. The van der Waals surface area contributed by atoms with Gasteiger partial charge in [-0.3, -0.25) is 9.59 Å². The monoisotopic (exact) mass is 625 g/mol. The van der Waals surface area contributed by atoms with Gasteiger partial charge in [0.1, 0.15) is 23.0 Å². The number of benzene rings is 1. The summed E-state index contributed by atoms with van der Waals surface area (Å²) in [5, 5.41) is 9.30. The zero-order valence-electron chi connectivity index (χ0n) is 23.9. The molecule has 1 N–H and O–H groups in total. The van der Waals surface area contributed by atoms with Crippen LogP contribution in [0.1, 0.15) is 45.6 Å². The van der Waals surface area contributed by atoms with Gasteiger partial charge in [-0.25, -0.2) is 23.9 Å². The zero-order valence-corrected chi connectivity index (χ0v) is 24.7. The van der Waals surface area contributed by atoms with E-state index in [4.69, 9.17) is 10.1 Å². The highest BCUT2D eigenvalue weighted by Gasteiger charge is 2.30. The fourth-order valence-corrected chi connectivity index (χ4v) is 6.16. The van der Waals surface area contributed by atoms with Gasteiger partial charge in [-0.1, -0.05) is 0 Å². The minimum Gasteiger partial charge on any atom is -0.337 e. The molecule has 0 saturated carbocycles. The molecule has 6 heterocycles. The molecule has 0 radical (unpaired) electrons. The molecule has 1 fully saturated rings. The first kappa shape index (κ1) is 28.4. The van der Waals surface area contributed by atoms with Gasteiger partial charge in [0.25, 0.3) is 11.8 Å². The van der Waals surface area contributed by atoms with Gasteiger partial charge in [0.05, 0.1) is 17.6 Å². The molecule has 6 aromatic rings. The summed E-state index contributed by atoms with van der Waals surface area (Å²) < 4.78 is 35.3. The lowest BCUT2D eigenvalue weighted by Crippen LogP contribution is -2.39. The lowest BCUT2D eigenvalue weighted by molar-refractivity contribution is 0.0689. The molecule has 11 nitrogen and oxygen atoms in total. The molecule has 0 atom stereocenters. The number of nitrogens with zero attached hydrogens (tertiary/aromatic N) is 8. The number of piperidine rings is 1. The summed E-state index contributed by atoms with van der Waals surface area (Å²) in [5.74, 6) is -0.721. The number of halogens is 2. The molecule has 226 valence electrons. The van der Waals surface area contributed by atoms with Gasteiger partial charge >= 0.3 is 0 Å². The highest BCUT2D eigenvalue weighted by molar-refractivity contribution is 7.03. The number of likely N-dealkylation sites (tertiary alicyclic amines) is 1. The highest BCUT2D eigenvalue weighted by Crippen LogP contribution is 2.37. The van der Waals surface area contributed by atoms with Gasteiger partial charge in [0.15, 0.2) is 11.5 Å². The average Bonchev–Trinajstić information content (AvgIpc) is 3.80. The second kappa shape index (κ2) is 11.6. The van der Waals surface area contributed by atoms with Crippen LogP contribution >= 0.6 is 11.5 Å². The Bertz CT molecular complexity index is 2030. The Labute approximate surface area is 259 Å². The predicted molar refractivity (Wildman–Crippen MR) is 163 cm³/mol. The summed E-state index contributed by atoms with van der Waals surface area (Å²) in [6.07, 6.45) is 4.18. The van der Waals surface area contributed by atoms with E-state index in [0.29, 0.717) is 48.7 Å². The fourth-order valence-electron chi connectivity index (χ4n) is 5.66. The van der Waals surface area contributed by atoms with E-state index in [-0.39, 0.29) is 29.1 Å². The van der Waals surface area contributed by atoms with Crippen LogP contribution in [-0.2, 0) is 0 Å². The molecule has 1 aromatic carbocycles. The molecule has 2 amide bonds. The molecule has 45 heavy (non-hydrogen) atoms. The van der Waals surface area contributed by atoms with Crippen molar-refractivity contribution in [2.24, 2.45) is 0 Å². The second-order valence-electron chi connectivity index (χ2n) is 10.6. The van der Waals surface area contributed by atoms with Crippen LogP contribution in [0.5, 0.6) is 0 Å². The summed E-state index contributed by atoms with van der Waals surface area (Å²) in [6.45, 7) is 3.04. The summed E-state index contributed by atoms with van der Waals surface area (Å²) in [4.78, 5) is 40.3. The zero-order chi connectivity index (χ0) is 31.1. The average molecular weight is 626 g/mol. The Hall–Kier alpha value is -5.37. The number of anilines is 1. The Balaban J connectivity index is 1.23. The number of hydrogen-bond acceptors (Lipinski definition) is 8. The van der Waals surface area contributed by atoms with Gasteiger partial charge in [-0.15, -0.1) is 0 Å². The molecule has 1 aliphatic rings. The number of nitrogens with one attached hydrogen (secondary N) is 1. The number of pyridine rings is 1. The van der Waals surface area contributed by atoms with Crippen LogP contribution in [0.15, 0.2) is 72.4 Å². The molecular weight excluding hydrogens is 600 g/mol. The second-order valence-corrected chi connectivity index (χ2v) is 11.3. The number of fused-ring (bicyclic) bond motifs is 1. The topological polar surface area (TPSA) is 123 Å². The fraction of sp³-hybridized carbons (Fsp3) is 0.194. The van der Waals surface area contributed by atoms with Crippen LogP contribution < -0.4 is 5.32 Å². The van der Waals surface area contributed by atoms with E-state index in [2.05, 4.69) is 24.2 Å². The van der Waals surface area contributed by atoms with Gasteiger partial charge in [0.2, 0.25) is 5.95 Å². The Kier molecular flexibility index (Phi) is 7.33. The molecule has 0 aliphatic carbocycles. The molecule has 0 unspecified atom stereocenters. The van der Waals surface area contributed by atoms with E-state index in [1.54, 1.807) is 40.4 Å². The lowest BCUT2D eigenvalue weighted by Gasteiger charge is -2.33. The number of rotatable bonds is 6. The van der Waals surface area contributed by atoms with Crippen molar-refractivity contribution in [3.8, 4) is 22.6 Å². The summed E-state index contributed by atoms with van der Waals surface area (Å²) in [5.41, 5.74) is 3.76. The van der Waals surface area contributed by atoms with Crippen LogP contribution in [0.3, 0.4) is 0 Å². The first-order chi connectivity index (χ1) is 21.8. The first-order valence-electron chi connectivity index (χ1n) is 14.2. The summed E-state index contributed by atoms with van der Waals surface area (Å²) in [7, 11) is 0. The molecule has 14 heteroatoms. The third-order valence-corrected chi connectivity index (χ3v) is 8.33. The molecule has 5 aromatic heterocycles. The number of imidazole rings is 2. The van der Waals surface area contributed by atoms with Crippen LogP contribution in [0.2, 0.25) is 0 Å². The Morgan fingerprint density at radius 3 is 2.53 bits per heavy atom. The maximum atomic E-state index is 13.9. The number of carbonyl (C=O) groups excluding carboxylic acids is 2. The van der Waals surface area contributed by atoms with E-state index < -0.39 is 11.9 Å². The largest absolute Gasteiger partial charge is 0.337 e. The summed E-state index contributed by atoms with van der Waals surface area (Å²) in [6, 6.07) is 14.0. The van der Waals surface area contributed by atoms with Gasteiger partial charge in [0, 0.05) is 47.9 Å². The van der Waals surface area contributed by atoms with Crippen LogP contribution in [0, 0.1) is 18.7 Å². The van der Waals surface area contributed by atoms with Crippen molar-refractivity contribution in [2.75, 3.05) is 18.4 Å². The van der Waals surface area contributed by atoms with Crippen molar-refractivity contribution in [3.63, 3.8) is 0 Å². The third kappa shape index (κ3) is 5.55. The van der Waals surface area contributed by atoms with E-state index in [1.165, 1.54) is 35.9 Å². The molecule has 0 spiro atoms. The summed E-state index contributed by atoms with van der Waals surface area (Å²) >= 11 is 1.25. The molecule has 1 aliphatic heterocycles. The van der Waals surface area contributed by atoms with Gasteiger partial charge in [-0.05, 0) is 79.8 Å². The van der Waals surface area contributed by atoms with Crippen molar-refractivity contribution in [2.45, 2.75) is 25.8 Å². The van der Waals surface area contributed by atoms with Crippen molar-refractivity contribution < 1.29 is 18.4 Å². The van der Waals surface area contributed by atoms with E-state index in [0.717, 1.165) is 23.1 Å². The van der Waals surface area contributed by atoms with Gasteiger partial charge in [-0.2, -0.15) is 13.9 Å². The van der Waals surface area contributed by atoms with Crippen LogP contribution in [-0.4, -0.2) is 63.3 Å². The molecular formula is C31H25F2N9O2S. The quantitative estimate of drug-likeness (QED) is 0.245. The van der Waals surface area contributed by atoms with Crippen molar-refractivity contribution in [1.82, 2.24) is 38.4 Å². The first-order valence-corrected chi connectivity index (χ1v) is 15.0. The minimum absolute atomic E-state index is 0.0251. The van der Waals surface area contributed by atoms with Gasteiger partial charge < -0.3 is 14.8 Å². The number of aromatic nitrogens is 7. The lowest BCUT2D eigenvalue weighted by atomic mass is 10.0. The number of amides is 2.